The Morgan fingerprint density at radius 1 is 0.491 bits per heavy atom. The first-order valence-corrected chi connectivity index (χ1v) is 24.1. The van der Waals surface area contributed by atoms with Gasteiger partial charge in [-0.1, -0.05) is 212 Å². The maximum Gasteiger partial charge on any atom is 0.305 e. The standard InChI is InChI=1S/C49H93NO5/c1-3-5-7-9-11-13-15-16-17-18-19-20-21-22-23-27-31-35-39-43-49(54)55-44-40-36-32-28-24-26-30-34-38-42-48(53)50-46(45-51)47(52)41-37-33-29-25-14-12-10-8-6-4-2/h26,30,37,41,46-47,51-52H,3-25,27-29,31-36,38-40,42-45H2,1-2H3,(H,50,53)/b30-26-,41-37+. The van der Waals surface area contributed by atoms with E-state index in [9.17, 15) is 19.8 Å². The van der Waals surface area contributed by atoms with Gasteiger partial charge in [0.25, 0.3) is 0 Å². The van der Waals surface area contributed by atoms with Gasteiger partial charge in [-0.15, -0.1) is 0 Å². The number of aliphatic hydroxyl groups excluding tert-OH is 2. The van der Waals surface area contributed by atoms with Crippen molar-refractivity contribution in [2.75, 3.05) is 13.2 Å². The van der Waals surface area contributed by atoms with E-state index in [0.29, 0.717) is 19.4 Å². The molecule has 0 saturated heterocycles. The normalized spacial score (nSPS) is 12.9. The molecule has 324 valence electrons. The smallest absolute Gasteiger partial charge is 0.305 e. The Bertz CT molecular complexity index is 858. The molecule has 0 aliphatic carbocycles. The Hall–Kier alpha value is -1.66. The molecule has 0 rings (SSSR count). The molecule has 0 saturated carbocycles. The highest BCUT2D eigenvalue weighted by Crippen LogP contribution is 2.16. The first-order chi connectivity index (χ1) is 27.0. The van der Waals surface area contributed by atoms with Gasteiger partial charge >= 0.3 is 5.97 Å². The molecular formula is C49H93NO5. The highest BCUT2D eigenvalue weighted by atomic mass is 16.5. The van der Waals surface area contributed by atoms with E-state index in [0.717, 1.165) is 70.6 Å². The first-order valence-electron chi connectivity index (χ1n) is 24.1. The predicted octanol–water partition coefficient (Wildman–Crippen LogP) is 14.0. The van der Waals surface area contributed by atoms with Crippen LogP contribution in [-0.4, -0.2) is 47.4 Å². The number of aliphatic hydroxyl groups is 2. The van der Waals surface area contributed by atoms with Crippen LogP contribution in [0.25, 0.3) is 0 Å². The third-order valence-electron chi connectivity index (χ3n) is 11.0. The summed E-state index contributed by atoms with van der Waals surface area (Å²) in [5.74, 6) is -0.165. The molecule has 0 bridgehead atoms. The predicted molar refractivity (Wildman–Crippen MR) is 236 cm³/mol. The van der Waals surface area contributed by atoms with Crippen molar-refractivity contribution in [2.24, 2.45) is 0 Å². The quantitative estimate of drug-likeness (QED) is 0.0325. The van der Waals surface area contributed by atoms with Crippen molar-refractivity contribution in [3.8, 4) is 0 Å². The average Bonchev–Trinajstić information content (AvgIpc) is 3.18. The monoisotopic (exact) mass is 776 g/mol. The molecule has 2 unspecified atom stereocenters. The van der Waals surface area contributed by atoms with Gasteiger partial charge in [0.1, 0.15) is 0 Å². The van der Waals surface area contributed by atoms with E-state index in [1.54, 1.807) is 6.08 Å². The van der Waals surface area contributed by atoms with Gasteiger partial charge < -0.3 is 20.3 Å². The van der Waals surface area contributed by atoms with Gasteiger partial charge in [-0.3, -0.25) is 9.59 Å². The highest BCUT2D eigenvalue weighted by Gasteiger charge is 2.17. The summed E-state index contributed by atoms with van der Waals surface area (Å²) < 4.78 is 5.44. The van der Waals surface area contributed by atoms with Crippen molar-refractivity contribution >= 4 is 11.9 Å². The maximum absolute atomic E-state index is 12.3. The number of unbranched alkanes of at least 4 members (excludes halogenated alkanes) is 31. The first kappa shape index (κ1) is 53.3. The van der Waals surface area contributed by atoms with Crippen LogP contribution in [0.2, 0.25) is 0 Å². The molecule has 0 aromatic heterocycles. The molecule has 0 spiro atoms. The molecule has 0 heterocycles. The largest absolute Gasteiger partial charge is 0.466 e. The SMILES string of the molecule is CCCCCCCCCC/C=C/C(O)C(CO)NC(=O)CCC/C=C\CCCCCCOC(=O)CCCCCCCCCCCCCCCCCCCCC. The lowest BCUT2D eigenvalue weighted by atomic mass is 10.0. The van der Waals surface area contributed by atoms with Crippen molar-refractivity contribution in [2.45, 2.75) is 264 Å². The molecule has 55 heavy (non-hydrogen) atoms. The molecule has 0 aliphatic heterocycles. The molecule has 0 aliphatic rings. The summed E-state index contributed by atoms with van der Waals surface area (Å²) in [6.45, 7) is 4.79. The van der Waals surface area contributed by atoms with E-state index in [1.165, 1.54) is 154 Å². The van der Waals surface area contributed by atoms with Gasteiger partial charge in [-0.2, -0.15) is 0 Å². The van der Waals surface area contributed by atoms with E-state index in [2.05, 4.69) is 31.3 Å². The average molecular weight is 776 g/mol. The molecule has 1 amide bonds. The number of esters is 1. The summed E-state index contributed by atoms with van der Waals surface area (Å²) >= 11 is 0. The van der Waals surface area contributed by atoms with Crippen LogP contribution in [0.5, 0.6) is 0 Å². The van der Waals surface area contributed by atoms with Crippen molar-refractivity contribution < 1.29 is 24.5 Å². The second kappa shape index (κ2) is 45.0. The number of rotatable bonds is 44. The second-order valence-electron chi connectivity index (χ2n) is 16.4. The fraction of sp³-hybridized carbons (Fsp3) is 0.878. The van der Waals surface area contributed by atoms with E-state index in [1.807, 2.05) is 6.08 Å². The minimum absolute atomic E-state index is 0.0344. The zero-order valence-electron chi connectivity index (χ0n) is 36.7. The Morgan fingerprint density at radius 3 is 1.33 bits per heavy atom. The topological polar surface area (TPSA) is 95.9 Å². The number of hydrogen-bond acceptors (Lipinski definition) is 5. The number of allylic oxidation sites excluding steroid dienone is 3. The number of carbonyl (C=O) groups excluding carboxylic acids is 2. The minimum atomic E-state index is -0.872. The lowest BCUT2D eigenvalue weighted by Gasteiger charge is -2.19. The van der Waals surface area contributed by atoms with E-state index >= 15 is 0 Å². The molecule has 0 aromatic carbocycles. The summed E-state index contributed by atoms with van der Waals surface area (Å²) in [6.07, 6.45) is 51.9. The summed E-state index contributed by atoms with van der Waals surface area (Å²) in [7, 11) is 0. The lowest BCUT2D eigenvalue weighted by Crippen LogP contribution is -2.45. The van der Waals surface area contributed by atoms with Crippen LogP contribution < -0.4 is 5.32 Å². The van der Waals surface area contributed by atoms with Crippen LogP contribution in [0.3, 0.4) is 0 Å². The fourth-order valence-electron chi connectivity index (χ4n) is 7.22. The molecule has 2 atom stereocenters. The Morgan fingerprint density at radius 2 is 0.873 bits per heavy atom. The van der Waals surface area contributed by atoms with Crippen LogP contribution in [0.1, 0.15) is 251 Å². The number of nitrogens with one attached hydrogen (secondary N) is 1. The summed E-state index contributed by atoms with van der Waals surface area (Å²) in [5.41, 5.74) is 0. The third kappa shape index (κ3) is 41.8. The Kier molecular flexibility index (Phi) is 43.7. The number of amides is 1. The second-order valence-corrected chi connectivity index (χ2v) is 16.4. The van der Waals surface area contributed by atoms with Crippen molar-refractivity contribution in [1.29, 1.82) is 0 Å². The molecule has 6 nitrogen and oxygen atoms in total. The van der Waals surface area contributed by atoms with Crippen molar-refractivity contribution in [3.05, 3.63) is 24.3 Å². The highest BCUT2D eigenvalue weighted by molar-refractivity contribution is 5.76. The lowest BCUT2D eigenvalue weighted by molar-refractivity contribution is -0.143. The van der Waals surface area contributed by atoms with Crippen molar-refractivity contribution in [3.63, 3.8) is 0 Å². The Labute approximate surface area is 341 Å². The van der Waals surface area contributed by atoms with Gasteiger partial charge in [-0.25, -0.2) is 0 Å². The zero-order valence-corrected chi connectivity index (χ0v) is 36.7. The van der Waals surface area contributed by atoms with Gasteiger partial charge in [0, 0.05) is 12.8 Å². The number of carbonyl (C=O) groups is 2. The van der Waals surface area contributed by atoms with Crippen LogP contribution in [0.4, 0.5) is 0 Å². The number of hydrogen-bond donors (Lipinski definition) is 3. The van der Waals surface area contributed by atoms with Gasteiger partial charge in [0.15, 0.2) is 0 Å². The van der Waals surface area contributed by atoms with Crippen LogP contribution in [0.15, 0.2) is 24.3 Å². The summed E-state index contributed by atoms with van der Waals surface area (Å²) in [6, 6.07) is -0.662. The van der Waals surface area contributed by atoms with Crippen LogP contribution >= 0.6 is 0 Å². The fourth-order valence-corrected chi connectivity index (χ4v) is 7.22. The van der Waals surface area contributed by atoms with E-state index < -0.39 is 12.1 Å². The third-order valence-corrected chi connectivity index (χ3v) is 11.0. The molecule has 6 heteroatoms. The van der Waals surface area contributed by atoms with Gasteiger partial charge in [0.05, 0.1) is 25.4 Å². The minimum Gasteiger partial charge on any atom is -0.466 e. The van der Waals surface area contributed by atoms with Gasteiger partial charge in [0.2, 0.25) is 5.91 Å². The molecular weight excluding hydrogens is 683 g/mol. The Balaban J connectivity index is 3.51. The molecule has 3 N–H and O–H groups in total. The maximum atomic E-state index is 12.3. The number of ether oxygens (including phenoxy) is 1. The van der Waals surface area contributed by atoms with E-state index in [4.69, 9.17) is 4.74 Å². The summed E-state index contributed by atoms with van der Waals surface area (Å²) in [4.78, 5) is 24.4. The zero-order chi connectivity index (χ0) is 40.1. The van der Waals surface area contributed by atoms with Crippen LogP contribution in [0, 0.1) is 0 Å². The van der Waals surface area contributed by atoms with E-state index in [-0.39, 0.29) is 18.5 Å². The summed E-state index contributed by atoms with van der Waals surface area (Å²) in [5, 5.41) is 22.8. The molecule has 0 fully saturated rings. The molecule has 0 aromatic rings. The molecule has 0 radical (unpaired) electrons. The van der Waals surface area contributed by atoms with Gasteiger partial charge in [-0.05, 0) is 51.4 Å². The van der Waals surface area contributed by atoms with Crippen LogP contribution in [-0.2, 0) is 14.3 Å². The van der Waals surface area contributed by atoms with Crippen molar-refractivity contribution in [1.82, 2.24) is 5.32 Å².